The summed E-state index contributed by atoms with van der Waals surface area (Å²) in [4.78, 5) is 22.3. The monoisotopic (exact) mass is 443 g/mol. The number of unbranched alkanes of at least 4 members (excludes halogenated alkanes) is 1. The van der Waals surface area contributed by atoms with E-state index in [9.17, 15) is 9.59 Å². The first-order valence-corrected chi connectivity index (χ1v) is 10.9. The van der Waals surface area contributed by atoms with Gasteiger partial charge in [0.2, 0.25) is 0 Å². The molecular formula is C10H21ClIK2NO3. The molecule has 0 aliphatic carbocycles. The molecule has 0 aliphatic heterocycles. The second kappa shape index (κ2) is 22.7. The number of halogens is 2. The summed E-state index contributed by atoms with van der Waals surface area (Å²) < 4.78 is 9.32. The summed E-state index contributed by atoms with van der Waals surface area (Å²) in [6.45, 7) is 3.99. The first kappa shape index (κ1) is 29.4. The van der Waals surface area contributed by atoms with E-state index in [-0.39, 0.29) is 61.5 Å². The van der Waals surface area contributed by atoms with Crippen molar-refractivity contribution in [1.82, 2.24) is 6.15 Å². The van der Waals surface area contributed by atoms with Crippen LogP contribution >= 0.6 is 26.4 Å². The quantitative estimate of drug-likeness (QED) is 0.225. The predicted octanol–water partition coefficient (Wildman–Crippen LogP) is 2.67. The van der Waals surface area contributed by atoms with Crippen molar-refractivity contribution < 1.29 is 14.3 Å². The standard InChI is InChI=1S/C10H17IO3.ClH.2K.H3N.H/c1-3-5-7-9(12)14-10(13)8(11)6-4-2;;;;;/h8H,3-7H2,1-2H3;1H;;;1H3;/q;;;+1;;/p-1. The molecule has 0 aromatic carbocycles. The van der Waals surface area contributed by atoms with E-state index in [1.54, 1.807) is 0 Å². The van der Waals surface area contributed by atoms with Gasteiger partial charge < -0.3 is 10.9 Å². The number of hydrogen-bond acceptors (Lipinski definition) is 4. The second-order valence-electron chi connectivity index (χ2n) is 3.15. The molecule has 1 atom stereocenters. The van der Waals surface area contributed by atoms with Crippen LogP contribution in [0.25, 0.3) is 0 Å². The molecule has 100 valence electrons. The van der Waals surface area contributed by atoms with Crippen LogP contribution in [0, 0.1) is 0 Å². The Kier molecular flexibility index (Phi) is 37.0. The van der Waals surface area contributed by atoms with Gasteiger partial charge in [0.05, 0.1) is 0 Å². The summed E-state index contributed by atoms with van der Waals surface area (Å²) in [6, 6.07) is 0. The number of ether oxygens (including phenoxy) is 1. The third-order valence-corrected chi connectivity index (χ3v) is 2.88. The Morgan fingerprint density at radius 1 is 1.28 bits per heavy atom. The second-order valence-corrected chi connectivity index (χ2v) is 4.66. The van der Waals surface area contributed by atoms with Crippen molar-refractivity contribution in [2.45, 2.75) is 49.9 Å². The number of carbonyl (C=O) groups excluding carboxylic acids is 2. The van der Waals surface area contributed by atoms with Crippen LogP contribution in [0.2, 0.25) is 0 Å². The van der Waals surface area contributed by atoms with E-state index in [0.717, 1.165) is 25.7 Å². The number of alkyl halides is 1. The van der Waals surface area contributed by atoms with Gasteiger partial charge in [-0.15, -0.1) is 0 Å². The van der Waals surface area contributed by atoms with Crippen LogP contribution in [0.3, 0.4) is 0 Å². The third kappa shape index (κ3) is 19.4. The van der Waals surface area contributed by atoms with Crippen LogP contribution in [0.4, 0.5) is 0 Å². The van der Waals surface area contributed by atoms with Gasteiger partial charge in [-0.1, -0.05) is 49.3 Å². The molecule has 0 aromatic heterocycles. The number of esters is 2. The minimum atomic E-state index is -0.395. The molecule has 0 rings (SSSR count). The van der Waals surface area contributed by atoms with Crippen LogP contribution in [-0.2, 0) is 14.3 Å². The summed E-state index contributed by atoms with van der Waals surface area (Å²) in [5.74, 6) is -0.789. The Bertz CT molecular complexity index is 212. The van der Waals surface area contributed by atoms with Gasteiger partial charge in [-0.2, -0.15) is 0 Å². The van der Waals surface area contributed by atoms with Gasteiger partial charge in [-0.25, -0.2) is 0 Å². The first-order valence-electron chi connectivity index (χ1n) is 5.38. The zero-order chi connectivity index (χ0) is 13.0. The van der Waals surface area contributed by atoms with Crippen LogP contribution in [-0.4, -0.2) is 114 Å². The zero-order valence-electron chi connectivity index (χ0n) is 10.8. The van der Waals surface area contributed by atoms with Gasteiger partial charge >= 0.3 is 114 Å². The van der Waals surface area contributed by atoms with E-state index < -0.39 is 11.9 Å². The fraction of sp³-hybridized carbons (Fsp3) is 0.800. The van der Waals surface area contributed by atoms with Crippen LogP contribution in [0.1, 0.15) is 46.0 Å². The van der Waals surface area contributed by atoms with E-state index in [1.807, 2.05) is 36.4 Å². The zero-order valence-corrected chi connectivity index (χ0v) is 16.8. The van der Waals surface area contributed by atoms with Crippen molar-refractivity contribution in [2.75, 3.05) is 0 Å². The molecule has 0 saturated carbocycles. The van der Waals surface area contributed by atoms with Crippen molar-refractivity contribution in [3.63, 3.8) is 0 Å². The van der Waals surface area contributed by atoms with Crippen LogP contribution in [0.5, 0.6) is 0 Å². The molecule has 18 heavy (non-hydrogen) atoms. The molecule has 4 nitrogen and oxygen atoms in total. The van der Waals surface area contributed by atoms with Crippen molar-refractivity contribution in [2.24, 2.45) is 0 Å². The van der Waals surface area contributed by atoms with Gasteiger partial charge in [0.15, 0.2) is 0 Å². The molecule has 0 radical (unpaired) electrons. The van der Waals surface area contributed by atoms with E-state index in [4.69, 9.17) is 3.76 Å². The van der Waals surface area contributed by atoms with Crippen molar-refractivity contribution in [1.29, 1.82) is 0 Å². The summed E-state index contributed by atoms with van der Waals surface area (Å²) in [5, 5.41) is 0. The van der Waals surface area contributed by atoms with Gasteiger partial charge in [0.1, 0.15) is 3.92 Å². The Hall–Kier alpha value is 3.39. The Morgan fingerprint density at radius 3 is 2.17 bits per heavy atom. The molecule has 0 fully saturated rings. The molecule has 0 aliphatic rings. The summed E-state index contributed by atoms with van der Waals surface area (Å²) in [7, 11) is 0. The van der Waals surface area contributed by atoms with Crippen molar-refractivity contribution in [3.8, 4) is 0 Å². The first-order chi connectivity index (χ1) is 7.61. The van der Waals surface area contributed by atoms with Gasteiger partial charge in [-0.3, -0.25) is 9.59 Å². The van der Waals surface area contributed by atoms with Crippen molar-refractivity contribution in [3.05, 3.63) is 0 Å². The van der Waals surface area contributed by atoms with E-state index >= 15 is 0 Å². The number of hydrogen-bond donors (Lipinski definition) is 1. The van der Waals surface area contributed by atoms with Crippen LogP contribution < -0.4 is 6.15 Å². The maximum atomic E-state index is 11.3. The molecule has 0 heterocycles. The fourth-order valence-corrected chi connectivity index (χ4v) is 1.67. The Balaban J connectivity index is -0.000000232. The molecule has 0 aromatic rings. The van der Waals surface area contributed by atoms with Gasteiger partial charge in [0, 0.05) is 6.42 Å². The molecule has 0 amide bonds. The number of carbonyl (C=O) groups is 2. The van der Waals surface area contributed by atoms with Gasteiger partial charge in [-0.05, 0) is 12.8 Å². The summed E-state index contributed by atoms with van der Waals surface area (Å²) in [6.07, 6.45) is 3.75. The molecule has 1 unspecified atom stereocenters. The van der Waals surface area contributed by atoms with Crippen LogP contribution in [0.15, 0.2) is 0 Å². The van der Waals surface area contributed by atoms with Gasteiger partial charge in [0.25, 0.3) is 0 Å². The van der Waals surface area contributed by atoms with E-state index in [0.29, 0.717) is 53.6 Å². The average molecular weight is 444 g/mol. The SMILES string of the molecule is CCCCC(=O)OC(=O)C(I)CCC.N.[Cl][K].[KH]. The van der Waals surface area contributed by atoms with E-state index in [2.05, 4.69) is 4.74 Å². The number of rotatable bonds is 6. The molecule has 3 N–H and O–H groups in total. The summed E-state index contributed by atoms with van der Waals surface area (Å²) in [5.41, 5.74) is 0. The molecule has 0 bridgehead atoms. The normalized spacial score (nSPS) is 9.89. The topological polar surface area (TPSA) is 78.4 Å². The summed E-state index contributed by atoms with van der Waals surface area (Å²) >= 11 is 2.55. The molecular weight excluding hydrogens is 423 g/mol. The maximum absolute atomic E-state index is 11.3. The molecule has 0 spiro atoms. The average Bonchev–Trinajstić information content (AvgIpc) is 2.29. The predicted molar refractivity (Wildman–Crippen MR) is 87.1 cm³/mol. The Labute approximate surface area is 202 Å². The molecule has 0 saturated heterocycles. The molecule has 8 heteroatoms. The third-order valence-electron chi connectivity index (χ3n) is 1.75. The minimum absolute atomic E-state index is 0. The van der Waals surface area contributed by atoms with Crippen molar-refractivity contribution >= 4 is 137 Å². The Morgan fingerprint density at radius 2 is 1.78 bits per heavy atom. The fourth-order valence-electron chi connectivity index (χ4n) is 0.920. The van der Waals surface area contributed by atoms with E-state index in [1.165, 1.54) is 0 Å².